The number of aryl methyl sites for hydroxylation is 1. The van der Waals surface area contributed by atoms with Crippen molar-refractivity contribution in [1.82, 2.24) is 14.5 Å². The first-order chi connectivity index (χ1) is 18.0. The molecular weight excluding hydrogens is 488 g/mol. The number of hydrogen-bond acceptors (Lipinski definition) is 5. The Morgan fingerprint density at radius 3 is 2.57 bits per heavy atom. The van der Waals surface area contributed by atoms with Gasteiger partial charge in [-0.2, -0.15) is 0 Å². The number of halogens is 1. The van der Waals surface area contributed by atoms with Crippen molar-refractivity contribution in [2.45, 2.75) is 12.5 Å². The molecule has 0 fully saturated rings. The maximum absolute atomic E-state index is 12.5. The van der Waals surface area contributed by atoms with Gasteiger partial charge in [0.15, 0.2) is 5.60 Å². The van der Waals surface area contributed by atoms with Gasteiger partial charge in [-0.25, -0.2) is 4.98 Å². The lowest BCUT2D eigenvalue weighted by Gasteiger charge is -2.35. The highest BCUT2D eigenvalue weighted by Crippen LogP contribution is 2.42. The largest absolute Gasteiger partial charge is 0.411 e. The molecule has 0 saturated carbocycles. The number of nitrogens with zero attached hydrogens (tertiary/aromatic N) is 3. The number of ether oxygens (including phenoxy) is 1. The molecular formula is C29H25ClN4O3. The van der Waals surface area contributed by atoms with Crippen LogP contribution >= 0.6 is 11.6 Å². The van der Waals surface area contributed by atoms with Crippen molar-refractivity contribution < 1.29 is 9.94 Å². The summed E-state index contributed by atoms with van der Waals surface area (Å²) < 4.78 is 8.57. The van der Waals surface area contributed by atoms with Gasteiger partial charge in [-0.3, -0.25) is 4.79 Å². The van der Waals surface area contributed by atoms with E-state index in [1.165, 1.54) is 6.21 Å². The number of rotatable bonds is 7. The average molecular weight is 513 g/mol. The van der Waals surface area contributed by atoms with Crippen molar-refractivity contribution in [2.75, 3.05) is 6.61 Å². The molecule has 5 rings (SSSR count). The van der Waals surface area contributed by atoms with E-state index in [2.05, 4.69) is 15.1 Å². The first-order valence-electron chi connectivity index (χ1n) is 11.8. The van der Waals surface area contributed by atoms with Crippen molar-refractivity contribution >= 4 is 28.7 Å². The van der Waals surface area contributed by atoms with Crippen LogP contribution in [0.4, 0.5) is 0 Å². The van der Waals surface area contributed by atoms with Gasteiger partial charge in [0.2, 0.25) is 5.56 Å². The fourth-order valence-electron chi connectivity index (χ4n) is 4.85. The van der Waals surface area contributed by atoms with Crippen LogP contribution in [0.1, 0.15) is 29.3 Å². The molecule has 37 heavy (non-hydrogen) atoms. The molecule has 8 heteroatoms. The number of benzene rings is 3. The number of fused-ring (bicyclic) bond motifs is 1. The zero-order chi connectivity index (χ0) is 26.0. The zero-order valence-corrected chi connectivity index (χ0v) is 21.1. The Bertz CT molecular complexity index is 1660. The summed E-state index contributed by atoms with van der Waals surface area (Å²) in [5.74, 6) is 0. The highest BCUT2D eigenvalue weighted by atomic mass is 35.5. The Balaban J connectivity index is 1.82. The van der Waals surface area contributed by atoms with E-state index in [0.29, 0.717) is 17.1 Å². The van der Waals surface area contributed by atoms with Crippen LogP contribution in [0, 0.1) is 0 Å². The second kappa shape index (κ2) is 10.0. The molecule has 0 aliphatic carbocycles. The number of hydrogen-bond donors (Lipinski definition) is 2. The van der Waals surface area contributed by atoms with E-state index in [-0.39, 0.29) is 5.56 Å². The second-order valence-electron chi connectivity index (χ2n) is 8.69. The fourth-order valence-corrected chi connectivity index (χ4v) is 5.04. The molecule has 186 valence electrons. The Labute approximate surface area is 218 Å². The molecule has 0 bridgehead atoms. The standard InChI is InChI=1S/C29H25ClN4O3/c1-3-37-29(27-17-31-18-34(27)2,21-9-7-19(8-10-21)16-32-36)22-11-12-26-25(14-22)24(15-28(35)33-26)20-5-4-6-23(30)13-20/h4-18,36H,3H2,1-2H3,(H,33,35). The van der Waals surface area contributed by atoms with E-state index < -0.39 is 5.60 Å². The Kier molecular flexibility index (Phi) is 6.65. The van der Waals surface area contributed by atoms with Gasteiger partial charge in [-0.15, -0.1) is 0 Å². The van der Waals surface area contributed by atoms with Crippen molar-refractivity contribution in [1.29, 1.82) is 0 Å². The zero-order valence-electron chi connectivity index (χ0n) is 20.4. The molecule has 7 nitrogen and oxygen atoms in total. The smallest absolute Gasteiger partial charge is 0.249 e. The molecule has 5 aromatic rings. The number of imidazole rings is 1. The number of oxime groups is 1. The third-order valence-corrected chi connectivity index (χ3v) is 6.68. The monoisotopic (exact) mass is 512 g/mol. The maximum atomic E-state index is 12.5. The Morgan fingerprint density at radius 2 is 1.89 bits per heavy atom. The summed E-state index contributed by atoms with van der Waals surface area (Å²) in [4.78, 5) is 19.9. The second-order valence-corrected chi connectivity index (χ2v) is 9.12. The lowest BCUT2D eigenvalue weighted by atomic mass is 9.81. The molecule has 0 radical (unpaired) electrons. The molecule has 2 aromatic heterocycles. The van der Waals surface area contributed by atoms with E-state index in [9.17, 15) is 4.79 Å². The van der Waals surface area contributed by atoms with Gasteiger partial charge in [-0.1, -0.05) is 59.2 Å². The van der Waals surface area contributed by atoms with Crippen molar-refractivity contribution in [3.8, 4) is 11.1 Å². The number of aromatic amines is 1. The molecule has 2 N–H and O–H groups in total. The molecule has 2 heterocycles. The molecule has 1 atom stereocenters. The minimum atomic E-state index is -1.01. The highest BCUT2D eigenvalue weighted by molar-refractivity contribution is 6.30. The first-order valence-corrected chi connectivity index (χ1v) is 12.2. The molecule has 0 aliphatic heterocycles. The molecule has 0 saturated heterocycles. The van der Waals surface area contributed by atoms with E-state index >= 15 is 0 Å². The minimum Gasteiger partial charge on any atom is -0.411 e. The molecule has 0 amide bonds. The summed E-state index contributed by atoms with van der Waals surface area (Å²) in [5.41, 5.74) is 4.45. The van der Waals surface area contributed by atoms with E-state index in [4.69, 9.17) is 21.5 Å². The van der Waals surface area contributed by atoms with Gasteiger partial charge in [0, 0.05) is 35.6 Å². The van der Waals surface area contributed by atoms with Crippen molar-refractivity contribution in [2.24, 2.45) is 12.2 Å². The van der Waals surface area contributed by atoms with Crippen LogP contribution in [0.2, 0.25) is 5.02 Å². The number of nitrogens with one attached hydrogen (secondary N) is 1. The predicted octanol–water partition coefficient (Wildman–Crippen LogP) is 5.72. The van der Waals surface area contributed by atoms with E-state index in [0.717, 1.165) is 38.9 Å². The number of H-pyrrole nitrogens is 1. The van der Waals surface area contributed by atoms with Crippen molar-refractivity contribution in [3.05, 3.63) is 123 Å². The fraction of sp³-hybridized carbons (Fsp3) is 0.138. The average Bonchev–Trinajstić information content (AvgIpc) is 3.33. The minimum absolute atomic E-state index is 0.195. The van der Waals surface area contributed by atoms with Gasteiger partial charge >= 0.3 is 0 Å². The maximum Gasteiger partial charge on any atom is 0.249 e. The highest BCUT2D eigenvalue weighted by Gasteiger charge is 2.40. The summed E-state index contributed by atoms with van der Waals surface area (Å²) >= 11 is 6.29. The van der Waals surface area contributed by atoms with Crippen LogP contribution in [0.25, 0.3) is 22.0 Å². The van der Waals surface area contributed by atoms with Gasteiger partial charge < -0.3 is 19.5 Å². The van der Waals surface area contributed by atoms with Crippen molar-refractivity contribution in [3.63, 3.8) is 0 Å². The SMILES string of the molecule is CCOC(c1ccc(C=NO)cc1)(c1ccc2[nH]c(=O)cc(-c3cccc(Cl)c3)c2c1)c1cncn1C. The Hall–Kier alpha value is -4.20. The topological polar surface area (TPSA) is 92.5 Å². The summed E-state index contributed by atoms with van der Waals surface area (Å²) in [6, 6.07) is 22.6. The van der Waals surface area contributed by atoms with Gasteiger partial charge in [0.05, 0.1) is 24.4 Å². The van der Waals surface area contributed by atoms with Gasteiger partial charge in [0.25, 0.3) is 0 Å². The number of aromatic nitrogens is 3. The third kappa shape index (κ3) is 4.43. The molecule has 1 unspecified atom stereocenters. The predicted molar refractivity (Wildman–Crippen MR) is 146 cm³/mol. The normalized spacial score (nSPS) is 13.3. The lowest BCUT2D eigenvalue weighted by Crippen LogP contribution is -2.35. The first kappa shape index (κ1) is 24.5. The summed E-state index contributed by atoms with van der Waals surface area (Å²) in [6.45, 7) is 2.38. The van der Waals surface area contributed by atoms with Crippen LogP contribution < -0.4 is 5.56 Å². The Morgan fingerprint density at radius 1 is 1.11 bits per heavy atom. The summed E-state index contributed by atoms with van der Waals surface area (Å²) in [7, 11) is 1.93. The van der Waals surface area contributed by atoms with Crippen LogP contribution in [0.5, 0.6) is 0 Å². The molecule has 0 spiro atoms. The summed E-state index contributed by atoms with van der Waals surface area (Å²) in [6.07, 6.45) is 4.92. The van der Waals surface area contributed by atoms with Crippen LogP contribution in [0.15, 0.2) is 95.3 Å². The van der Waals surface area contributed by atoms with E-state index in [1.54, 1.807) is 24.7 Å². The van der Waals surface area contributed by atoms with Crippen LogP contribution in [0.3, 0.4) is 0 Å². The summed E-state index contributed by atoms with van der Waals surface area (Å²) in [5, 5.41) is 13.5. The van der Waals surface area contributed by atoms with Crippen LogP contribution in [-0.2, 0) is 17.4 Å². The number of pyridine rings is 1. The quantitative estimate of drug-likeness (QED) is 0.166. The van der Waals surface area contributed by atoms with Gasteiger partial charge in [0.1, 0.15) is 0 Å². The van der Waals surface area contributed by atoms with Gasteiger partial charge in [-0.05, 0) is 59.0 Å². The van der Waals surface area contributed by atoms with Crippen LogP contribution in [-0.4, -0.2) is 32.6 Å². The van der Waals surface area contributed by atoms with E-state index in [1.807, 2.05) is 79.2 Å². The molecule has 3 aromatic carbocycles. The third-order valence-electron chi connectivity index (χ3n) is 6.45. The molecule has 0 aliphatic rings. The lowest BCUT2D eigenvalue weighted by molar-refractivity contribution is 0.0164.